The molecule has 0 saturated heterocycles. The van der Waals surface area contributed by atoms with Crippen LogP contribution in [0.15, 0.2) is 247 Å². The van der Waals surface area contributed by atoms with E-state index in [0.717, 1.165) is 89.4 Å². The summed E-state index contributed by atoms with van der Waals surface area (Å²) in [6.07, 6.45) is 5.83. The van der Waals surface area contributed by atoms with Crippen LogP contribution in [0.3, 0.4) is 0 Å². The van der Waals surface area contributed by atoms with E-state index in [1.807, 2.05) is 30.3 Å². The fourth-order valence-corrected chi connectivity index (χ4v) is 14.3. The average Bonchev–Trinajstić information content (AvgIpc) is 0.791. The maximum Gasteiger partial charge on any atom is 0.155 e. The number of rotatable bonds is 10. The van der Waals surface area contributed by atoms with Crippen molar-refractivity contribution in [1.29, 1.82) is 0 Å². The number of benzene rings is 10. The molecule has 0 bridgehead atoms. The second-order valence-corrected chi connectivity index (χ2v) is 33.9. The molecule has 0 spiro atoms. The maximum atomic E-state index is 10.0. The molecule has 5 heterocycles. The van der Waals surface area contributed by atoms with Gasteiger partial charge in [-0.3, -0.25) is 48.9 Å². The number of aliphatic hydroxyl groups is 5. The Kier molecular flexibility index (Phi) is 54.7. The summed E-state index contributed by atoms with van der Waals surface area (Å²) in [5.74, 6) is -0.312. The van der Waals surface area contributed by atoms with Gasteiger partial charge in [-0.2, -0.15) is 0 Å². The second kappa shape index (κ2) is 60.5. The van der Waals surface area contributed by atoms with Gasteiger partial charge < -0.3 is 25.5 Å². The summed E-state index contributed by atoms with van der Waals surface area (Å²) >= 11 is 0. The molecule has 0 aliphatic carbocycles. The number of ketones is 5. The van der Waals surface area contributed by atoms with Gasteiger partial charge in [0.2, 0.25) is 0 Å². The number of aliphatic hydroxyl groups excluding tert-OH is 5. The normalized spacial score (nSPS) is 10.7. The number of allylic oxidation sites excluding steroid dienone is 10. The Morgan fingerprint density at radius 2 is 0.525 bits per heavy atom. The van der Waals surface area contributed by atoms with Gasteiger partial charge in [-0.05, 0) is 190 Å². The first-order chi connectivity index (χ1) is 63.0. The molecule has 15 rings (SSSR count). The fourth-order valence-electron chi connectivity index (χ4n) is 14.3. The number of nitrogens with zero attached hydrogens (tertiary/aromatic N) is 5. The molecule has 739 valence electrons. The number of para-hydroxylation sites is 5. The van der Waals surface area contributed by atoms with E-state index >= 15 is 0 Å². The van der Waals surface area contributed by atoms with Crippen LogP contribution >= 0.6 is 0 Å². The van der Waals surface area contributed by atoms with E-state index < -0.39 is 0 Å². The third-order valence-electron chi connectivity index (χ3n) is 21.7. The number of fused-ring (bicyclic) bond motifs is 5. The number of carbonyl (C=O) groups excluding carboxylic acids is 5. The van der Waals surface area contributed by atoms with E-state index in [0.29, 0.717) is 0 Å². The molecule has 10 aromatic carbocycles. The van der Waals surface area contributed by atoms with Crippen molar-refractivity contribution in [3.63, 3.8) is 0 Å². The van der Waals surface area contributed by atoms with Crippen molar-refractivity contribution in [2.45, 2.75) is 201 Å². The van der Waals surface area contributed by atoms with Crippen LogP contribution in [-0.4, -0.2) is 79.4 Å². The van der Waals surface area contributed by atoms with E-state index in [1.54, 1.807) is 0 Å². The van der Waals surface area contributed by atoms with Crippen molar-refractivity contribution in [2.24, 2.45) is 0 Å². The molecule has 0 fully saturated rings. The molecule has 0 atom stereocenters. The maximum absolute atomic E-state index is 10.0. The van der Waals surface area contributed by atoms with Crippen LogP contribution in [0.1, 0.15) is 175 Å². The Balaban J connectivity index is 0.000000794. The first-order valence-corrected chi connectivity index (χ1v) is 44.3. The molecule has 5 N–H and O–H groups in total. The fraction of sp³-hybridized carbons (Fsp3) is 0.244. The number of hydrogen-bond acceptors (Lipinski definition) is 15. The number of aromatic nitrogens is 5. The minimum absolute atomic E-state index is 0. The van der Waals surface area contributed by atoms with Crippen LogP contribution in [0.25, 0.3) is 111 Å². The standard InChI is InChI=1S/4C19H18N.C18H16N.5C5H8O2.5Ir/c1-12-9-16(10-13(2)15(12)4)19-11-14(3)17-7-5-6-8-18(17)20-19;1-12-9-14(3)17(10-13(12)2)19-11-15(4)16-7-5-6-8-18(16)20-19;1-12-9-13(2)15(4)17(10-12)19-11-14(3)16-7-5-6-8-18(16)20-19;1-12-9-10-17(15(4)14(12)3)19-11-13(2)16-7-5-6-8-18(16)20-19;1-12-8-9-15(10-13(12)2)18-11-14(3)16-6-4-5-7-17(16)19-18;5*1-4(6)3-5(2)7;;;;;/h4*5-9,11H,1-4H3;4-9,11H,1-3H3;5*3,6H,1-2H3;;;;;/q5*-1;;;;;;;;;;. The van der Waals surface area contributed by atoms with Crippen molar-refractivity contribution in [2.75, 3.05) is 0 Å². The van der Waals surface area contributed by atoms with Crippen molar-refractivity contribution < 1.29 is 150 Å². The Hall–Kier alpha value is -11.5. The largest absolute Gasteiger partial charge is 0.512 e. The zero-order chi connectivity index (χ0) is 99.8. The zero-order valence-electron chi connectivity index (χ0n) is 85.0. The molecule has 0 aliphatic rings. The number of pyridine rings is 5. The van der Waals surface area contributed by atoms with Gasteiger partial charge in [-0.15, -0.1) is 172 Å². The molecule has 20 heteroatoms. The Morgan fingerprint density at radius 1 is 0.237 bits per heavy atom. The van der Waals surface area contributed by atoms with Crippen LogP contribution < -0.4 is 0 Å². The molecule has 0 unspecified atom stereocenters. The zero-order valence-corrected chi connectivity index (χ0v) is 96.9. The Labute approximate surface area is 890 Å². The molecule has 5 aromatic heterocycles. The van der Waals surface area contributed by atoms with E-state index in [9.17, 15) is 24.0 Å². The van der Waals surface area contributed by atoms with E-state index in [1.165, 1.54) is 227 Å². The molecule has 5 radical (unpaired) electrons. The van der Waals surface area contributed by atoms with Crippen molar-refractivity contribution in [3.8, 4) is 56.3 Å². The van der Waals surface area contributed by atoms with Gasteiger partial charge in [0.25, 0.3) is 0 Å². The summed E-state index contributed by atoms with van der Waals surface area (Å²) in [6, 6.07) is 82.3. The molecular weight excluding hydrogens is 2620 g/mol. The predicted octanol–water partition coefficient (Wildman–Crippen LogP) is 29.5. The minimum atomic E-state index is -0.125. The minimum Gasteiger partial charge on any atom is -0.512 e. The topological polar surface area (TPSA) is 251 Å². The predicted molar refractivity (Wildman–Crippen MR) is 555 cm³/mol. The third kappa shape index (κ3) is 40.0. The van der Waals surface area contributed by atoms with Gasteiger partial charge in [0.05, 0.1) is 56.4 Å². The summed E-state index contributed by atoms with van der Waals surface area (Å²) in [4.78, 5) is 74.1. The van der Waals surface area contributed by atoms with Crippen LogP contribution in [-0.2, 0) is 124 Å². The summed E-state index contributed by atoms with van der Waals surface area (Å²) in [7, 11) is 0. The summed E-state index contributed by atoms with van der Waals surface area (Å²) in [5, 5.41) is 47.9. The van der Waals surface area contributed by atoms with Crippen LogP contribution in [0.2, 0.25) is 0 Å². The van der Waals surface area contributed by atoms with E-state index in [2.05, 4.69) is 320 Å². The van der Waals surface area contributed by atoms with Crippen molar-refractivity contribution in [1.82, 2.24) is 24.9 Å². The van der Waals surface area contributed by atoms with Crippen molar-refractivity contribution >= 4 is 83.4 Å². The first-order valence-electron chi connectivity index (χ1n) is 44.3. The number of hydrogen-bond donors (Lipinski definition) is 5. The van der Waals surface area contributed by atoms with Gasteiger partial charge in [0.1, 0.15) is 0 Å². The summed E-state index contributed by atoms with van der Waals surface area (Å²) < 4.78 is 0. The first kappa shape index (κ1) is 126. The molecule has 0 aliphatic heterocycles. The summed E-state index contributed by atoms with van der Waals surface area (Å²) in [6.45, 7) is 54.7. The quantitative estimate of drug-likeness (QED) is 0.0485. The van der Waals surface area contributed by atoms with Gasteiger partial charge in [-0.1, -0.05) is 218 Å². The van der Waals surface area contributed by atoms with Gasteiger partial charge in [0, 0.05) is 158 Å². The Bertz CT molecular complexity index is 6700. The molecule has 15 nitrogen and oxygen atoms in total. The second-order valence-electron chi connectivity index (χ2n) is 33.9. The summed E-state index contributed by atoms with van der Waals surface area (Å²) in [5.41, 5.74) is 39.7. The Morgan fingerprint density at radius 3 is 0.842 bits per heavy atom. The van der Waals surface area contributed by atoms with Crippen LogP contribution in [0, 0.1) is 162 Å². The van der Waals surface area contributed by atoms with Gasteiger partial charge in [0.15, 0.2) is 28.9 Å². The van der Waals surface area contributed by atoms with Crippen LogP contribution in [0.4, 0.5) is 0 Å². The van der Waals surface area contributed by atoms with Gasteiger partial charge >= 0.3 is 0 Å². The van der Waals surface area contributed by atoms with E-state index in [-0.39, 0.29) is 158 Å². The SMILES string of the molecule is CC(=O)C=C(C)O.CC(=O)C=C(C)O.CC(=O)C=C(C)O.CC(=O)C=C(C)O.CC(=O)C=C(C)O.Cc1[c-]c(-c2cc(C)c3ccccc3n2)c(C)c(C)c1.Cc1[c-]c(-c2cc(C)c3ccccc3n2)c(C)cc1C.Cc1[c-]c(-c2cc(C)c3ccccc3n2)cc(C)c1C.Cc1[c-]c(-c2cc(C)c3ccccc3n2)ccc1C.Cc1c[c-]c(-c2cc(C)c3ccccc3n2)c(C)c1C.[Ir].[Ir].[Ir].[Ir].[Ir]. The number of aryl methyl sites for hydroxylation is 15. The molecule has 0 amide bonds. The van der Waals surface area contributed by atoms with Crippen molar-refractivity contribution in [3.05, 3.63) is 383 Å². The average molecular weight is 2750 g/mol. The third-order valence-corrected chi connectivity index (χ3v) is 21.7. The molecule has 15 aromatic rings. The molecule has 0 saturated carbocycles. The number of carbonyl (C=O) groups is 5. The molecule has 139 heavy (non-hydrogen) atoms. The molecular formula is C119H128Ir5N5O10-5. The monoisotopic (exact) mass is 2750 g/mol. The van der Waals surface area contributed by atoms with Gasteiger partial charge in [-0.25, -0.2) is 0 Å². The van der Waals surface area contributed by atoms with E-state index in [4.69, 9.17) is 50.5 Å². The van der Waals surface area contributed by atoms with Crippen LogP contribution in [0.5, 0.6) is 0 Å². The smallest absolute Gasteiger partial charge is 0.155 e.